The van der Waals surface area contributed by atoms with Crippen molar-refractivity contribution in [2.45, 2.75) is 19.3 Å². The Kier molecular flexibility index (Phi) is 4.52. The zero-order valence-corrected chi connectivity index (χ0v) is 15.0. The van der Waals surface area contributed by atoms with E-state index in [2.05, 4.69) is 11.1 Å². The minimum absolute atomic E-state index is 0.540. The van der Waals surface area contributed by atoms with Crippen molar-refractivity contribution in [3.63, 3.8) is 0 Å². The number of aromatic nitrogens is 1. The highest BCUT2D eigenvalue weighted by Gasteiger charge is 2.27. The second kappa shape index (κ2) is 6.62. The molecular formula is C20H17ClN2O2. The van der Waals surface area contributed by atoms with Gasteiger partial charge in [0.2, 0.25) is 0 Å². The molecule has 0 aliphatic heterocycles. The lowest BCUT2D eigenvalue weighted by Gasteiger charge is -2.10. The molecule has 126 valence electrons. The molecule has 0 spiro atoms. The molecule has 0 unspecified atom stereocenters. The fraction of sp³-hybridized carbons (Fsp3) is 0.200. The lowest BCUT2D eigenvalue weighted by Crippen LogP contribution is -2.12. The average molecular weight is 353 g/mol. The van der Waals surface area contributed by atoms with E-state index in [4.69, 9.17) is 20.8 Å². The second-order valence-corrected chi connectivity index (χ2v) is 6.58. The van der Waals surface area contributed by atoms with Crippen molar-refractivity contribution in [1.29, 1.82) is 5.26 Å². The Bertz CT molecular complexity index is 940. The third-order valence-corrected chi connectivity index (χ3v) is 4.34. The van der Waals surface area contributed by atoms with E-state index in [-0.39, 0.29) is 0 Å². The second-order valence-electron chi connectivity index (χ2n) is 6.18. The zero-order chi connectivity index (χ0) is 18.0. The number of ether oxygens (including phenoxy) is 1. The number of hydrogen-bond acceptors (Lipinski definition) is 4. The van der Waals surface area contributed by atoms with Gasteiger partial charge in [-0.25, -0.2) is 0 Å². The number of hydrogen-bond donors (Lipinski definition) is 0. The summed E-state index contributed by atoms with van der Waals surface area (Å²) in [4.78, 5) is 4.05. The van der Waals surface area contributed by atoms with Crippen molar-refractivity contribution in [3.05, 3.63) is 59.6 Å². The van der Waals surface area contributed by atoms with Crippen molar-refractivity contribution in [2.24, 2.45) is 0 Å². The molecule has 0 bridgehead atoms. The van der Waals surface area contributed by atoms with Crippen LogP contribution in [0.25, 0.3) is 22.5 Å². The number of benzene rings is 1. The van der Waals surface area contributed by atoms with Gasteiger partial charge in [-0.3, -0.25) is 4.98 Å². The van der Waals surface area contributed by atoms with Gasteiger partial charge >= 0.3 is 0 Å². The number of furan rings is 1. The Morgan fingerprint density at radius 1 is 1.12 bits per heavy atom. The molecule has 3 aromatic rings. The summed E-state index contributed by atoms with van der Waals surface area (Å²) in [5, 5.41) is 9.99. The van der Waals surface area contributed by atoms with E-state index in [9.17, 15) is 5.26 Å². The van der Waals surface area contributed by atoms with Crippen LogP contribution < -0.4 is 4.74 Å². The van der Waals surface area contributed by atoms with E-state index in [1.54, 1.807) is 25.6 Å². The van der Waals surface area contributed by atoms with Crippen LogP contribution in [0.1, 0.15) is 19.6 Å². The summed E-state index contributed by atoms with van der Waals surface area (Å²) in [5.74, 6) is 1.87. The molecule has 1 aromatic carbocycles. The number of nitriles is 1. The molecule has 0 aliphatic rings. The molecule has 3 rings (SSSR count). The third-order valence-electron chi connectivity index (χ3n) is 4.03. The first-order valence-electron chi connectivity index (χ1n) is 7.76. The van der Waals surface area contributed by atoms with Crippen molar-refractivity contribution in [2.75, 3.05) is 7.11 Å². The highest BCUT2D eigenvalue weighted by molar-refractivity contribution is 6.32. The first-order valence-corrected chi connectivity index (χ1v) is 8.14. The van der Waals surface area contributed by atoms with Gasteiger partial charge in [0.25, 0.3) is 0 Å². The smallest absolute Gasteiger partial charge is 0.142 e. The summed E-state index contributed by atoms with van der Waals surface area (Å²) in [6, 6.07) is 13.5. The molecule has 0 saturated carbocycles. The fourth-order valence-electron chi connectivity index (χ4n) is 2.51. The minimum Gasteiger partial charge on any atom is -0.495 e. The van der Waals surface area contributed by atoms with Crippen LogP contribution in [-0.4, -0.2) is 12.1 Å². The quantitative estimate of drug-likeness (QED) is 0.624. The van der Waals surface area contributed by atoms with Crippen LogP contribution in [-0.2, 0) is 5.41 Å². The van der Waals surface area contributed by atoms with E-state index in [0.29, 0.717) is 22.3 Å². The van der Waals surface area contributed by atoms with E-state index >= 15 is 0 Å². The first-order chi connectivity index (χ1) is 12.0. The number of methoxy groups -OCH3 is 1. The van der Waals surface area contributed by atoms with Crippen molar-refractivity contribution in [3.8, 4) is 34.3 Å². The Hall–Kier alpha value is -2.77. The predicted octanol–water partition coefficient (Wildman–Crippen LogP) is 5.47. The SMILES string of the molecule is COc1cc(-c2cc(C(C)(C)C#N)oc2-c2ccncc2)ccc1Cl. The standard InChI is InChI=1S/C20H17ClN2O2/c1-20(2,12-22)18-11-15(14-4-5-16(21)17(10-14)24-3)19(25-18)13-6-8-23-9-7-13/h4-11H,1-3H3. The Balaban J connectivity index is 2.23. The molecule has 0 radical (unpaired) electrons. The maximum absolute atomic E-state index is 9.45. The lowest BCUT2D eigenvalue weighted by atomic mass is 9.91. The van der Waals surface area contributed by atoms with Crippen LogP contribution in [0.2, 0.25) is 5.02 Å². The maximum atomic E-state index is 9.45. The summed E-state index contributed by atoms with van der Waals surface area (Å²) in [5.41, 5.74) is 1.92. The molecule has 0 saturated heterocycles. The highest BCUT2D eigenvalue weighted by Crippen LogP contribution is 2.40. The van der Waals surface area contributed by atoms with E-state index < -0.39 is 5.41 Å². The van der Waals surface area contributed by atoms with Gasteiger partial charge in [0.05, 0.1) is 18.2 Å². The summed E-state index contributed by atoms with van der Waals surface area (Å²) in [7, 11) is 1.58. The molecule has 0 aliphatic carbocycles. The molecule has 25 heavy (non-hydrogen) atoms. The molecule has 5 heteroatoms. The van der Waals surface area contributed by atoms with Crippen LogP contribution in [0.3, 0.4) is 0 Å². The van der Waals surface area contributed by atoms with Crippen LogP contribution in [0, 0.1) is 11.3 Å². The number of pyridine rings is 1. The van der Waals surface area contributed by atoms with Gasteiger partial charge in [-0.2, -0.15) is 5.26 Å². The number of rotatable bonds is 4. The summed E-state index contributed by atoms with van der Waals surface area (Å²) in [6.45, 7) is 3.66. The molecule has 0 amide bonds. The van der Waals surface area contributed by atoms with Crippen LogP contribution in [0.5, 0.6) is 5.75 Å². The first kappa shape index (κ1) is 17.1. The summed E-state index contributed by atoms with van der Waals surface area (Å²) in [6.07, 6.45) is 3.42. The number of nitrogens with zero attached hydrogens (tertiary/aromatic N) is 2. The largest absolute Gasteiger partial charge is 0.495 e. The van der Waals surface area contributed by atoms with Gasteiger partial charge in [-0.05, 0) is 49.7 Å². The molecule has 0 fully saturated rings. The fourth-order valence-corrected chi connectivity index (χ4v) is 2.71. The zero-order valence-electron chi connectivity index (χ0n) is 14.2. The Morgan fingerprint density at radius 2 is 1.84 bits per heavy atom. The van der Waals surface area contributed by atoms with Gasteiger partial charge in [-0.1, -0.05) is 17.7 Å². The van der Waals surface area contributed by atoms with Gasteiger partial charge in [0, 0.05) is 23.5 Å². The van der Waals surface area contributed by atoms with E-state index in [1.807, 2.05) is 44.2 Å². The third kappa shape index (κ3) is 3.24. The lowest BCUT2D eigenvalue weighted by molar-refractivity contribution is 0.415. The molecule has 4 nitrogen and oxygen atoms in total. The summed E-state index contributed by atoms with van der Waals surface area (Å²) >= 11 is 6.14. The topological polar surface area (TPSA) is 59.0 Å². The normalized spacial score (nSPS) is 11.2. The van der Waals surface area contributed by atoms with Gasteiger partial charge in [0.15, 0.2) is 0 Å². The molecule has 0 atom stereocenters. The monoisotopic (exact) mass is 352 g/mol. The molecule has 2 aromatic heterocycles. The Morgan fingerprint density at radius 3 is 2.48 bits per heavy atom. The van der Waals surface area contributed by atoms with Gasteiger partial charge in [-0.15, -0.1) is 0 Å². The van der Waals surface area contributed by atoms with Crippen LogP contribution >= 0.6 is 11.6 Å². The van der Waals surface area contributed by atoms with Crippen LogP contribution in [0.15, 0.2) is 53.2 Å². The summed E-state index contributed by atoms with van der Waals surface area (Å²) < 4.78 is 11.4. The van der Waals surface area contributed by atoms with E-state index in [0.717, 1.165) is 16.7 Å². The molecule has 2 heterocycles. The van der Waals surface area contributed by atoms with Gasteiger partial charge < -0.3 is 9.15 Å². The van der Waals surface area contributed by atoms with Crippen molar-refractivity contribution in [1.82, 2.24) is 4.98 Å². The average Bonchev–Trinajstić information content (AvgIpc) is 3.09. The van der Waals surface area contributed by atoms with Crippen LogP contribution in [0.4, 0.5) is 0 Å². The Labute approximate surface area is 151 Å². The maximum Gasteiger partial charge on any atom is 0.142 e. The molecular weight excluding hydrogens is 336 g/mol. The van der Waals surface area contributed by atoms with E-state index in [1.165, 1.54) is 0 Å². The number of halogens is 1. The minimum atomic E-state index is -0.740. The molecule has 0 N–H and O–H groups in total. The van der Waals surface area contributed by atoms with Gasteiger partial charge in [0.1, 0.15) is 22.7 Å². The van der Waals surface area contributed by atoms with Crippen molar-refractivity contribution < 1.29 is 9.15 Å². The van der Waals surface area contributed by atoms with Crippen molar-refractivity contribution >= 4 is 11.6 Å². The predicted molar refractivity (Wildman–Crippen MR) is 97.6 cm³/mol. The highest BCUT2D eigenvalue weighted by atomic mass is 35.5.